The van der Waals surface area contributed by atoms with Gasteiger partial charge in [-0.3, -0.25) is 5.32 Å². The molecule has 0 saturated carbocycles. The van der Waals surface area contributed by atoms with Gasteiger partial charge in [-0.2, -0.15) is 0 Å². The molecule has 10 nitrogen and oxygen atoms in total. The lowest BCUT2D eigenvalue weighted by molar-refractivity contribution is -0.329. The predicted octanol–water partition coefficient (Wildman–Crippen LogP) is -4.94. The van der Waals surface area contributed by atoms with Crippen molar-refractivity contribution in [3.63, 3.8) is 0 Å². The van der Waals surface area contributed by atoms with Gasteiger partial charge in [0.1, 0.15) is 36.7 Å². The summed E-state index contributed by atoms with van der Waals surface area (Å²) in [6.45, 7) is -0.777. The van der Waals surface area contributed by atoms with Gasteiger partial charge in [0.15, 0.2) is 6.29 Å². The molecule has 2 fully saturated rings. The third kappa shape index (κ3) is 3.41. The largest absolute Gasteiger partial charge is 0.396 e. The molecular weight excluding hydrogens is 302 g/mol. The molecule has 0 aromatic carbocycles. The molecular formula is C12H23NO9. The lowest BCUT2D eigenvalue weighted by Gasteiger charge is -2.44. The van der Waals surface area contributed by atoms with Crippen molar-refractivity contribution in [2.75, 3.05) is 19.8 Å². The van der Waals surface area contributed by atoms with Gasteiger partial charge in [0.25, 0.3) is 0 Å². The van der Waals surface area contributed by atoms with Crippen molar-refractivity contribution in [1.82, 2.24) is 5.32 Å². The van der Waals surface area contributed by atoms with Crippen LogP contribution in [0, 0.1) is 5.92 Å². The highest BCUT2D eigenvalue weighted by Gasteiger charge is 2.47. The topological polar surface area (TPSA) is 172 Å². The Morgan fingerprint density at radius 1 is 0.909 bits per heavy atom. The summed E-state index contributed by atoms with van der Waals surface area (Å²) in [6.07, 6.45) is -11.1. The lowest BCUT2D eigenvalue weighted by atomic mass is 9.93. The lowest BCUT2D eigenvalue weighted by Crippen LogP contribution is -2.64. The Bertz CT molecular complexity index is 357. The fraction of sp³-hybridized carbons (Fsp3) is 1.00. The van der Waals surface area contributed by atoms with E-state index in [2.05, 4.69) is 5.32 Å². The molecule has 22 heavy (non-hydrogen) atoms. The van der Waals surface area contributed by atoms with E-state index in [4.69, 9.17) is 19.7 Å². The summed E-state index contributed by atoms with van der Waals surface area (Å²) < 4.78 is 10.5. The molecule has 0 spiro atoms. The van der Waals surface area contributed by atoms with E-state index in [1.807, 2.05) is 0 Å². The van der Waals surface area contributed by atoms with Crippen LogP contribution in [0.5, 0.6) is 0 Å². The summed E-state index contributed by atoms with van der Waals surface area (Å²) in [5.41, 5.74) is 0. The van der Waals surface area contributed by atoms with Gasteiger partial charge in [0.2, 0.25) is 0 Å². The maximum atomic E-state index is 10.1. The van der Waals surface area contributed by atoms with Crippen LogP contribution in [-0.2, 0) is 9.47 Å². The fourth-order valence-electron chi connectivity index (χ4n) is 2.63. The first-order chi connectivity index (χ1) is 10.4. The number of aliphatic hydroxyl groups is 7. The first-order valence-corrected chi connectivity index (χ1v) is 7.07. The van der Waals surface area contributed by atoms with Gasteiger partial charge in [-0.15, -0.1) is 0 Å². The molecule has 2 saturated heterocycles. The number of aliphatic hydroxyl groups excluding tert-OH is 7. The summed E-state index contributed by atoms with van der Waals surface area (Å²) in [5.74, 6) is -0.585. The van der Waals surface area contributed by atoms with Crippen LogP contribution < -0.4 is 5.32 Å². The van der Waals surface area contributed by atoms with E-state index in [0.717, 1.165) is 0 Å². The molecule has 0 radical (unpaired) electrons. The molecule has 1 unspecified atom stereocenters. The normalized spacial score (nSPS) is 50.0. The first kappa shape index (κ1) is 17.9. The minimum atomic E-state index is -1.63. The van der Waals surface area contributed by atoms with E-state index >= 15 is 0 Å². The molecule has 2 aliphatic rings. The van der Waals surface area contributed by atoms with Crippen LogP contribution in [0.3, 0.4) is 0 Å². The number of piperidine rings is 1. The minimum Gasteiger partial charge on any atom is -0.396 e. The van der Waals surface area contributed by atoms with E-state index in [-0.39, 0.29) is 13.2 Å². The summed E-state index contributed by atoms with van der Waals surface area (Å²) in [5, 5.41) is 70.0. The van der Waals surface area contributed by atoms with Crippen LogP contribution >= 0.6 is 0 Å². The quantitative estimate of drug-likeness (QED) is 0.250. The van der Waals surface area contributed by atoms with Gasteiger partial charge >= 0.3 is 0 Å². The number of hydrogen-bond acceptors (Lipinski definition) is 10. The van der Waals surface area contributed by atoms with Gasteiger partial charge in [-0.25, -0.2) is 0 Å². The minimum absolute atomic E-state index is 0.174. The highest BCUT2D eigenvalue weighted by atomic mass is 16.7. The van der Waals surface area contributed by atoms with Crippen LogP contribution in [0.1, 0.15) is 0 Å². The molecule has 130 valence electrons. The van der Waals surface area contributed by atoms with Crippen molar-refractivity contribution >= 4 is 0 Å². The summed E-state index contributed by atoms with van der Waals surface area (Å²) >= 11 is 0. The molecule has 2 aliphatic heterocycles. The van der Waals surface area contributed by atoms with Crippen molar-refractivity contribution in [2.45, 2.75) is 49.1 Å². The van der Waals surface area contributed by atoms with Crippen molar-refractivity contribution in [3.05, 3.63) is 0 Å². The Hall–Kier alpha value is -0.400. The van der Waals surface area contributed by atoms with Crippen molar-refractivity contribution < 1.29 is 45.2 Å². The highest BCUT2D eigenvalue weighted by Crippen LogP contribution is 2.26. The third-order valence-corrected chi connectivity index (χ3v) is 4.09. The Labute approximate surface area is 126 Å². The summed E-state index contributed by atoms with van der Waals surface area (Å²) in [6, 6.07) is 0. The van der Waals surface area contributed by atoms with E-state index in [0.29, 0.717) is 0 Å². The van der Waals surface area contributed by atoms with Gasteiger partial charge in [0, 0.05) is 19.1 Å². The molecule has 2 heterocycles. The van der Waals surface area contributed by atoms with E-state index in [1.165, 1.54) is 0 Å². The number of hydrogen-bond donors (Lipinski definition) is 8. The molecule has 10 heteroatoms. The SMILES string of the molecule is OC[C@H]1CNC(O)[C@@H](O[C@H]2O[C@H](CO)[C@@H](O)[C@H](O)[C@@H]2O)[C@@H]1O. The third-order valence-electron chi connectivity index (χ3n) is 4.09. The maximum absolute atomic E-state index is 10.1. The summed E-state index contributed by atoms with van der Waals surface area (Å²) in [7, 11) is 0. The van der Waals surface area contributed by atoms with Crippen LogP contribution in [0.15, 0.2) is 0 Å². The Kier molecular flexibility index (Phi) is 6.07. The van der Waals surface area contributed by atoms with Crippen LogP contribution in [0.4, 0.5) is 0 Å². The van der Waals surface area contributed by atoms with Gasteiger partial charge in [-0.1, -0.05) is 0 Å². The molecule has 0 bridgehead atoms. The molecule has 0 amide bonds. The Morgan fingerprint density at radius 2 is 1.59 bits per heavy atom. The van der Waals surface area contributed by atoms with Gasteiger partial charge in [0.05, 0.1) is 12.7 Å². The van der Waals surface area contributed by atoms with Crippen molar-refractivity contribution in [1.29, 1.82) is 0 Å². The summed E-state index contributed by atoms with van der Waals surface area (Å²) in [4.78, 5) is 0. The number of rotatable bonds is 4. The standard InChI is InChI=1S/C12H23NO9/c14-2-4-1-13-11(20)10(6(4)16)22-12-9(19)8(18)7(17)5(3-15)21-12/h4-20H,1-3H2/t4-,5-,6-,7-,8+,9+,10+,11?,12-/m1/s1. The van der Waals surface area contributed by atoms with Crippen molar-refractivity contribution in [2.24, 2.45) is 5.92 Å². The van der Waals surface area contributed by atoms with Gasteiger partial charge in [-0.05, 0) is 0 Å². The van der Waals surface area contributed by atoms with Crippen LogP contribution in [-0.4, -0.2) is 105 Å². The molecule has 0 aromatic rings. The zero-order valence-electron chi connectivity index (χ0n) is 11.8. The van der Waals surface area contributed by atoms with Gasteiger partial charge < -0.3 is 45.2 Å². The zero-order valence-corrected chi connectivity index (χ0v) is 11.8. The van der Waals surface area contributed by atoms with Crippen molar-refractivity contribution in [3.8, 4) is 0 Å². The smallest absolute Gasteiger partial charge is 0.187 e. The maximum Gasteiger partial charge on any atom is 0.187 e. The Balaban J connectivity index is 2.07. The monoisotopic (exact) mass is 325 g/mol. The predicted molar refractivity (Wildman–Crippen MR) is 69.2 cm³/mol. The Morgan fingerprint density at radius 3 is 2.18 bits per heavy atom. The average molecular weight is 325 g/mol. The van der Waals surface area contributed by atoms with Crippen LogP contribution in [0.2, 0.25) is 0 Å². The average Bonchev–Trinajstić information content (AvgIpc) is 2.51. The first-order valence-electron chi connectivity index (χ1n) is 7.07. The second-order valence-corrected chi connectivity index (χ2v) is 5.58. The van der Waals surface area contributed by atoms with Crippen LogP contribution in [0.25, 0.3) is 0 Å². The van der Waals surface area contributed by atoms with E-state index in [9.17, 15) is 25.5 Å². The number of ether oxygens (including phenoxy) is 2. The second kappa shape index (κ2) is 7.45. The fourth-order valence-corrected chi connectivity index (χ4v) is 2.63. The zero-order chi connectivity index (χ0) is 16.4. The van der Waals surface area contributed by atoms with E-state index < -0.39 is 61.7 Å². The second-order valence-electron chi connectivity index (χ2n) is 5.58. The molecule has 0 aliphatic carbocycles. The molecule has 2 rings (SSSR count). The van der Waals surface area contributed by atoms with E-state index in [1.54, 1.807) is 0 Å². The molecule has 0 aromatic heterocycles. The molecule has 9 atom stereocenters. The highest BCUT2D eigenvalue weighted by molar-refractivity contribution is 4.92. The molecule has 8 N–H and O–H groups in total. The number of nitrogens with one attached hydrogen (secondary N) is 1.